The van der Waals surface area contributed by atoms with Crippen LogP contribution in [-0.4, -0.2) is 17.5 Å². The summed E-state index contributed by atoms with van der Waals surface area (Å²) < 4.78 is 0. The molecular weight excluding hydrogens is 444 g/mol. The second-order valence-electron chi connectivity index (χ2n) is 11.4. The number of aryl methyl sites for hydroxylation is 6. The van der Waals surface area contributed by atoms with Crippen LogP contribution >= 0.6 is 0 Å². The third-order valence-corrected chi connectivity index (χ3v) is 8.07. The number of nitrogens with zero attached hydrogens (tertiary/aromatic N) is 2. The largest absolute Gasteiger partial charge is 0.286 e. The van der Waals surface area contributed by atoms with Crippen molar-refractivity contribution in [1.29, 1.82) is 0 Å². The van der Waals surface area contributed by atoms with Crippen molar-refractivity contribution in [3.05, 3.63) is 93.5 Å². The van der Waals surface area contributed by atoms with Crippen LogP contribution in [0.5, 0.6) is 0 Å². The Labute approximate surface area is 214 Å². The third-order valence-electron chi connectivity index (χ3n) is 8.07. The summed E-state index contributed by atoms with van der Waals surface area (Å²) in [6.45, 7) is 16.0. The zero-order valence-corrected chi connectivity index (χ0v) is 22.7. The van der Waals surface area contributed by atoms with Crippen molar-refractivity contribution in [1.82, 2.24) is 0 Å². The van der Waals surface area contributed by atoms with Crippen LogP contribution < -0.4 is 9.80 Å². The van der Waals surface area contributed by atoms with Crippen LogP contribution in [0.3, 0.4) is 0 Å². The van der Waals surface area contributed by atoms with Gasteiger partial charge in [-0.1, -0.05) is 65.7 Å². The number of anilines is 2. The number of carbonyl (C=O) groups excluding carboxylic acids is 2. The molecule has 1 saturated heterocycles. The average molecular weight is 481 g/mol. The first-order chi connectivity index (χ1) is 16.9. The molecule has 0 bridgehead atoms. The summed E-state index contributed by atoms with van der Waals surface area (Å²) in [6, 6.07) is 18.9. The van der Waals surface area contributed by atoms with Gasteiger partial charge in [-0.05, 0) is 83.2 Å². The second-order valence-corrected chi connectivity index (χ2v) is 11.4. The second kappa shape index (κ2) is 8.06. The SMILES string of the molecule is Cc1cc(C)c(N2C(=O)C(C)(C)C(=O)N(c3c(C)cc(C)cc3C)C23CC3c2ccccc2)c(C)c1. The predicted octanol–water partition coefficient (Wildman–Crippen LogP) is 6.83. The van der Waals surface area contributed by atoms with Gasteiger partial charge in [0.15, 0.2) is 0 Å². The smallest absolute Gasteiger partial charge is 0.244 e. The van der Waals surface area contributed by atoms with E-state index in [4.69, 9.17) is 0 Å². The van der Waals surface area contributed by atoms with Crippen molar-refractivity contribution in [2.45, 2.75) is 73.4 Å². The fraction of sp³-hybridized carbons (Fsp3) is 0.375. The molecule has 1 saturated carbocycles. The van der Waals surface area contributed by atoms with Crippen molar-refractivity contribution in [3.63, 3.8) is 0 Å². The number of hydrogen-bond donors (Lipinski definition) is 0. The van der Waals surface area contributed by atoms with Crippen LogP contribution in [-0.2, 0) is 9.59 Å². The average Bonchev–Trinajstić information content (AvgIpc) is 3.53. The van der Waals surface area contributed by atoms with Crippen molar-refractivity contribution in [3.8, 4) is 0 Å². The number of rotatable bonds is 3. The van der Waals surface area contributed by atoms with E-state index in [0.717, 1.165) is 39.2 Å². The topological polar surface area (TPSA) is 40.6 Å². The van der Waals surface area contributed by atoms with Gasteiger partial charge in [0, 0.05) is 12.3 Å². The van der Waals surface area contributed by atoms with Gasteiger partial charge in [0.05, 0.1) is 11.4 Å². The highest BCUT2D eigenvalue weighted by Gasteiger charge is 2.72. The summed E-state index contributed by atoms with van der Waals surface area (Å²) in [7, 11) is 0. The Balaban J connectivity index is 1.84. The zero-order valence-electron chi connectivity index (χ0n) is 22.7. The lowest BCUT2D eigenvalue weighted by atomic mass is 9.83. The lowest BCUT2D eigenvalue weighted by Gasteiger charge is -2.52. The maximum Gasteiger partial charge on any atom is 0.244 e. The van der Waals surface area contributed by atoms with Gasteiger partial charge in [0.2, 0.25) is 11.8 Å². The Morgan fingerprint density at radius 3 is 1.44 bits per heavy atom. The van der Waals surface area contributed by atoms with Gasteiger partial charge in [0.25, 0.3) is 0 Å². The molecule has 2 fully saturated rings. The van der Waals surface area contributed by atoms with E-state index in [-0.39, 0.29) is 17.7 Å². The molecule has 1 atom stereocenters. The number of carbonyl (C=O) groups is 2. The van der Waals surface area contributed by atoms with E-state index >= 15 is 0 Å². The van der Waals surface area contributed by atoms with E-state index in [1.807, 2.05) is 28.0 Å². The molecule has 0 aromatic heterocycles. The highest BCUT2D eigenvalue weighted by molar-refractivity contribution is 6.22. The van der Waals surface area contributed by atoms with Gasteiger partial charge in [-0.3, -0.25) is 19.4 Å². The minimum atomic E-state index is -1.19. The molecule has 4 nitrogen and oxygen atoms in total. The van der Waals surface area contributed by atoms with Gasteiger partial charge < -0.3 is 0 Å². The maximum absolute atomic E-state index is 14.4. The van der Waals surface area contributed by atoms with Crippen LogP contribution in [0.1, 0.15) is 65.1 Å². The Morgan fingerprint density at radius 1 is 0.667 bits per heavy atom. The predicted molar refractivity (Wildman–Crippen MR) is 147 cm³/mol. The third kappa shape index (κ3) is 3.34. The Kier molecular flexibility index (Phi) is 5.44. The van der Waals surface area contributed by atoms with Gasteiger partial charge in [-0.2, -0.15) is 0 Å². The summed E-state index contributed by atoms with van der Waals surface area (Å²) in [5, 5.41) is 0. The summed E-state index contributed by atoms with van der Waals surface area (Å²) in [6.07, 6.45) is 0.698. The maximum atomic E-state index is 14.4. The standard InChI is InChI=1S/C32H36N2O2/c1-19-14-21(3)27(22(4)15-19)33-29(35)31(7,8)30(36)34(28-23(5)16-20(2)17-24(28)6)32(33)18-26(32)25-12-10-9-11-13-25/h9-17,26H,18H2,1-8H3. The first-order valence-electron chi connectivity index (χ1n) is 12.8. The molecule has 0 radical (unpaired) electrons. The minimum Gasteiger partial charge on any atom is -0.286 e. The van der Waals surface area contributed by atoms with Crippen molar-refractivity contribution in [2.75, 3.05) is 9.80 Å². The molecule has 36 heavy (non-hydrogen) atoms. The van der Waals surface area contributed by atoms with Crippen molar-refractivity contribution >= 4 is 23.2 Å². The lowest BCUT2D eigenvalue weighted by Crippen LogP contribution is -2.69. The molecule has 1 unspecified atom stereocenters. The minimum absolute atomic E-state index is 0.0166. The highest BCUT2D eigenvalue weighted by Crippen LogP contribution is 2.64. The van der Waals surface area contributed by atoms with Crippen molar-refractivity contribution < 1.29 is 9.59 Å². The first kappa shape index (κ1) is 24.3. The molecule has 1 heterocycles. The molecule has 3 aromatic carbocycles. The molecule has 2 amide bonds. The number of hydrogen-bond acceptors (Lipinski definition) is 2. The molecule has 5 rings (SSSR count). The summed E-state index contributed by atoms with van der Waals surface area (Å²) in [5.41, 5.74) is 7.58. The monoisotopic (exact) mass is 480 g/mol. The van der Waals surface area contributed by atoms with Gasteiger partial charge in [0.1, 0.15) is 11.1 Å². The number of benzene rings is 3. The van der Waals surface area contributed by atoms with Crippen LogP contribution in [0.25, 0.3) is 0 Å². The lowest BCUT2D eigenvalue weighted by molar-refractivity contribution is -0.142. The molecule has 4 heteroatoms. The molecule has 1 spiro atoms. The van der Waals surface area contributed by atoms with E-state index in [1.54, 1.807) is 13.8 Å². The van der Waals surface area contributed by atoms with Crippen molar-refractivity contribution in [2.24, 2.45) is 5.41 Å². The van der Waals surface area contributed by atoms with E-state index in [1.165, 1.54) is 11.1 Å². The highest BCUT2D eigenvalue weighted by atomic mass is 16.2. The molecule has 2 aliphatic rings. The quantitative estimate of drug-likeness (QED) is 0.386. The van der Waals surface area contributed by atoms with Gasteiger partial charge in [-0.15, -0.1) is 0 Å². The van der Waals surface area contributed by atoms with Gasteiger partial charge in [-0.25, -0.2) is 0 Å². The fourth-order valence-electron chi connectivity index (χ4n) is 6.55. The Morgan fingerprint density at radius 2 is 1.06 bits per heavy atom. The van der Waals surface area contributed by atoms with Gasteiger partial charge >= 0.3 is 0 Å². The molecule has 0 N–H and O–H groups in total. The van der Waals surface area contributed by atoms with E-state index < -0.39 is 11.1 Å². The van der Waals surface area contributed by atoms with E-state index in [9.17, 15) is 9.59 Å². The Hall–Kier alpha value is -3.40. The summed E-state index contributed by atoms with van der Waals surface area (Å²) in [4.78, 5) is 32.7. The van der Waals surface area contributed by atoms with E-state index in [2.05, 4.69) is 77.9 Å². The molecule has 186 valence electrons. The van der Waals surface area contributed by atoms with Crippen LogP contribution in [0.15, 0.2) is 54.6 Å². The molecule has 1 aliphatic carbocycles. The molecule has 3 aromatic rings. The first-order valence-corrected chi connectivity index (χ1v) is 12.8. The Bertz CT molecular complexity index is 1280. The van der Waals surface area contributed by atoms with Crippen LogP contribution in [0.4, 0.5) is 11.4 Å². The fourth-order valence-corrected chi connectivity index (χ4v) is 6.55. The zero-order chi connectivity index (χ0) is 26.2. The summed E-state index contributed by atoms with van der Waals surface area (Å²) in [5.74, 6) is -0.234. The normalized spacial score (nSPS) is 20.3. The molecule has 1 aliphatic heterocycles. The number of amides is 2. The molecular formula is C32H36N2O2. The van der Waals surface area contributed by atoms with Crippen LogP contribution in [0, 0.1) is 47.0 Å². The summed E-state index contributed by atoms with van der Waals surface area (Å²) >= 11 is 0. The van der Waals surface area contributed by atoms with Crippen LogP contribution in [0.2, 0.25) is 0 Å². The van der Waals surface area contributed by atoms with E-state index in [0.29, 0.717) is 6.42 Å².